The van der Waals surface area contributed by atoms with Crippen molar-refractivity contribution in [3.8, 4) is 0 Å². The predicted octanol–water partition coefficient (Wildman–Crippen LogP) is 4.01. The van der Waals surface area contributed by atoms with Crippen molar-refractivity contribution in [2.45, 2.75) is 13.3 Å². The molecular formula is C18H23Cl2N5OS. The average Bonchev–Trinajstić information content (AvgIpc) is 3.21. The summed E-state index contributed by atoms with van der Waals surface area (Å²) in [6, 6.07) is 5.55. The number of hydrogen-bond donors (Lipinski definition) is 0. The molecule has 0 N–H and O–H groups in total. The number of carbonyl (C=O) groups excluding carboxylic acids is 1. The summed E-state index contributed by atoms with van der Waals surface area (Å²) in [5.41, 5.74) is 2.31. The topological polar surface area (TPSA) is 54.3 Å². The van der Waals surface area contributed by atoms with Crippen LogP contribution < -0.4 is 4.90 Å². The first-order valence-corrected chi connectivity index (χ1v) is 9.58. The molecule has 3 aromatic rings. The fourth-order valence-corrected chi connectivity index (χ4v) is 4.04. The molecule has 0 bridgehead atoms. The van der Waals surface area contributed by atoms with E-state index in [0.717, 1.165) is 28.7 Å². The van der Waals surface area contributed by atoms with E-state index in [1.165, 1.54) is 11.3 Å². The van der Waals surface area contributed by atoms with E-state index in [0.29, 0.717) is 22.4 Å². The zero-order chi connectivity index (χ0) is 18.8. The standard InChI is InChI=1S/C18H22ClN5OS.ClH/c1-12-6-7-13(19)16-15(12)20-18(26-16)24(10-5-9-22(2)3)17(25)14-8-11-23(4)21-14;/h6-8,11H,5,9-10H2,1-4H3;1H. The summed E-state index contributed by atoms with van der Waals surface area (Å²) in [5.74, 6) is -0.141. The van der Waals surface area contributed by atoms with Crippen LogP contribution in [0.3, 0.4) is 0 Å². The Labute approximate surface area is 174 Å². The molecule has 0 aliphatic carbocycles. The molecule has 2 heterocycles. The number of anilines is 1. The third-order valence-corrected chi connectivity index (χ3v) is 5.62. The number of aryl methyl sites for hydroxylation is 2. The van der Waals surface area contributed by atoms with Crippen LogP contribution in [0.15, 0.2) is 24.4 Å². The van der Waals surface area contributed by atoms with Crippen molar-refractivity contribution in [2.75, 3.05) is 32.1 Å². The van der Waals surface area contributed by atoms with Gasteiger partial charge < -0.3 is 4.90 Å². The second-order valence-corrected chi connectivity index (χ2v) is 7.91. The van der Waals surface area contributed by atoms with Gasteiger partial charge >= 0.3 is 0 Å². The van der Waals surface area contributed by atoms with E-state index >= 15 is 0 Å². The smallest absolute Gasteiger partial charge is 0.280 e. The lowest BCUT2D eigenvalue weighted by molar-refractivity contribution is 0.0980. The van der Waals surface area contributed by atoms with Crippen LogP contribution in [0.4, 0.5) is 5.13 Å². The molecular weight excluding hydrogens is 405 g/mol. The van der Waals surface area contributed by atoms with Crippen molar-refractivity contribution >= 4 is 56.6 Å². The Morgan fingerprint density at radius 3 is 2.59 bits per heavy atom. The molecule has 6 nitrogen and oxygen atoms in total. The van der Waals surface area contributed by atoms with E-state index in [1.807, 2.05) is 33.2 Å². The number of thiazole rings is 1. The van der Waals surface area contributed by atoms with E-state index in [-0.39, 0.29) is 18.3 Å². The molecule has 0 spiro atoms. The molecule has 0 unspecified atom stereocenters. The third kappa shape index (κ3) is 4.79. The first kappa shape index (κ1) is 21.6. The quantitative estimate of drug-likeness (QED) is 0.595. The number of amides is 1. The lowest BCUT2D eigenvalue weighted by Gasteiger charge is -2.20. The van der Waals surface area contributed by atoms with Gasteiger partial charge in [-0.25, -0.2) is 4.98 Å². The maximum absolute atomic E-state index is 13.1. The highest BCUT2D eigenvalue weighted by Gasteiger charge is 2.23. The van der Waals surface area contributed by atoms with E-state index in [1.54, 1.807) is 28.9 Å². The summed E-state index contributed by atoms with van der Waals surface area (Å²) in [7, 11) is 5.84. The van der Waals surface area contributed by atoms with Crippen LogP contribution in [0.2, 0.25) is 5.02 Å². The van der Waals surface area contributed by atoms with Crippen LogP contribution in [-0.4, -0.2) is 52.8 Å². The van der Waals surface area contributed by atoms with Gasteiger partial charge in [0.15, 0.2) is 10.8 Å². The number of carbonyl (C=O) groups is 1. The fourth-order valence-electron chi connectivity index (χ4n) is 2.70. The Morgan fingerprint density at radius 2 is 2.00 bits per heavy atom. The number of nitrogens with zero attached hydrogens (tertiary/aromatic N) is 5. The molecule has 0 aliphatic rings. The monoisotopic (exact) mass is 427 g/mol. The summed E-state index contributed by atoms with van der Waals surface area (Å²) < 4.78 is 2.54. The lowest BCUT2D eigenvalue weighted by Crippen LogP contribution is -2.33. The van der Waals surface area contributed by atoms with Gasteiger partial charge in [-0.3, -0.25) is 14.4 Å². The minimum absolute atomic E-state index is 0. The van der Waals surface area contributed by atoms with Gasteiger partial charge in [-0.1, -0.05) is 29.0 Å². The molecule has 1 amide bonds. The van der Waals surface area contributed by atoms with Crippen LogP contribution >= 0.6 is 35.3 Å². The zero-order valence-electron chi connectivity index (χ0n) is 15.8. The van der Waals surface area contributed by atoms with Crippen molar-refractivity contribution in [2.24, 2.45) is 7.05 Å². The highest BCUT2D eigenvalue weighted by molar-refractivity contribution is 7.23. The molecule has 1 aromatic carbocycles. The molecule has 0 saturated heterocycles. The molecule has 9 heteroatoms. The molecule has 27 heavy (non-hydrogen) atoms. The predicted molar refractivity (Wildman–Crippen MR) is 115 cm³/mol. The van der Waals surface area contributed by atoms with Gasteiger partial charge in [0.2, 0.25) is 0 Å². The van der Waals surface area contributed by atoms with E-state index < -0.39 is 0 Å². The summed E-state index contributed by atoms with van der Waals surface area (Å²) in [6.45, 7) is 3.46. The first-order chi connectivity index (χ1) is 12.4. The molecule has 0 saturated carbocycles. The van der Waals surface area contributed by atoms with Gasteiger partial charge in [-0.2, -0.15) is 5.10 Å². The Kier molecular flexibility index (Phi) is 7.22. The number of benzene rings is 1. The number of halogens is 2. The van der Waals surface area contributed by atoms with Gasteiger partial charge in [0.25, 0.3) is 5.91 Å². The highest BCUT2D eigenvalue weighted by atomic mass is 35.5. The Bertz CT molecular complexity index is 898. The first-order valence-electron chi connectivity index (χ1n) is 8.38. The van der Waals surface area contributed by atoms with E-state index in [4.69, 9.17) is 16.6 Å². The molecule has 3 rings (SSSR count). The molecule has 0 fully saturated rings. The van der Waals surface area contributed by atoms with Crippen molar-refractivity contribution in [3.05, 3.63) is 40.7 Å². The fraction of sp³-hybridized carbons (Fsp3) is 0.389. The normalized spacial score (nSPS) is 11.0. The highest BCUT2D eigenvalue weighted by Crippen LogP contribution is 2.36. The van der Waals surface area contributed by atoms with Crippen molar-refractivity contribution in [1.29, 1.82) is 0 Å². The van der Waals surface area contributed by atoms with E-state index in [2.05, 4.69) is 10.00 Å². The third-order valence-electron chi connectivity index (χ3n) is 4.08. The number of hydrogen-bond acceptors (Lipinski definition) is 5. The Hall–Kier alpha value is -1.67. The molecule has 2 aromatic heterocycles. The van der Waals surface area contributed by atoms with Crippen molar-refractivity contribution < 1.29 is 4.79 Å². The molecule has 0 radical (unpaired) electrons. The van der Waals surface area contributed by atoms with E-state index in [9.17, 15) is 4.79 Å². The lowest BCUT2D eigenvalue weighted by atomic mass is 10.2. The molecule has 0 aliphatic heterocycles. The zero-order valence-corrected chi connectivity index (χ0v) is 18.2. The van der Waals surface area contributed by atoms with Crippen LogP contribution in [0.1, 0.15) is 22.5 Å². The minimum atomic E-state index is -0.141. The van der Waals surface area contributed by atoms with Crippen LogP contribution in [0.25, 0.3) is 10.2 Å². The van der Waals surface area contributed by atoms with Gasteiger partial charge in [0, 0.05) is 19.8 Å². The number of rotatable bonds is 6. The Balaban J connectivity index is 0.00000261. The summed E-state index contributed by atoms with van der Waals surface area (Å²) in [5, 5.41) is 5.57. The number of fused-ring (bicyclic) bond motifs is 1. The second-order valence-electron chi connectivity index (χ2n) is 6.53. The van der Waals surface area contributed by atoms with Crippen LogP contribution in [0, 0.1) is 6.92 Å². The second kappa shape index (κ2) is 9.01. The van der Waals surface area contributed by atoms with Crippen LogP contribution in [-0.2, 0) is 7.05 Å². The van der Waals surface area contributed by atoms with Crippen molar-refractivity contribution in [3.63, 3.8) is 0 Å². The van der Waals surface area contributed by atoms with Gasteiger partial charge in [0.05, 0.1) is 15.2 Å². The van der Waals surface area contributed by atoms with Gasteiger partial charge in [0.1, 0.15) is 0 Å². The van der Waals surface area contributed by atoms with Gasteiger partial charge in [-0.05, 0) is 51.7 Å². The maximum Gasteiger partial charge on any atom is 0.280 e. The van der Waals surface area contributed by atoms with Crippen molar-refractivity contribution in [1.82, 2.24) is 19.7 Å². The summed E-state index contributed by atoms with van der Waals surface area (Å²) in [4.78, 5) is 21.6. The SMILES string of the molecule is Cc1ccc(Cl)c2sc(N(CCCN(C)C)C(=O)c3ccn(C)n3)nc12.Cl. The average molecular weight is 428 g/mol. The van der Waals surface area contributed by atoms with Gasteiger partial charge in [-0.15, -0.1) is 12.4 Å². The minimum Gasteiger partial charge on any atom is -0.309 e. The number of aromatic nitrogens is 3. The maximum atomic E-state index is 13.1. The molecule has 0 atom stereocenters. The molecule has 146 valence electrons. The van der Waals surface area contributed by atoms with Crippen LogP contribution in [0.5, 0.6) is 0 Å². The summed E-state index contributed by atoms with van der Waals surface area (Å²) in [6.07, 6.45) is 2.61. The summed E-state index contributed by atoms with van der Waals surface area (Å²) >= 11 is 7.79. The Morgan fingerprint density at radius 1 is 1.26 bits per heavy atom. The largest absolute Gasteiger partial charge is 0.309 e.